The summed E-state index contributed by atoms with van der Waals surface area (Å²) >= 11 is 0. The first-order chi connectivity index (χ1) is 17.5. The maximum atomic E-state index is 10.3. The number of allylic oxidation sites excluding steroid dienone is 4. The van der Waals surface area contributed by atoms with E-state index in [9.17, 15) is 9.59 Å². The first-order valence-corrected chi connectivity index (χ1v) is 15.3. The molecule has 0 saturated heterocycles. The molecule has 4 nitrogen and oxygen atoms in total. The van der Waals surface area contributed by atoms with Gasteiger partial charge in [0.25, 0.3) is 0 Å². The predicted octanol–water partition coefficient (Wildman–Crippen LogP) is 10.7. The van der Waals surface area contributed by atoms with Gasteiger partial charge in [-0.05, 0) is 64.2 Å². The van der Waals surface area contributed by atoms with Gasteiger partial charge in [-0.2, -0.15) is 0 Å². The fourth-order valence-electron chi connectivity index (χ4n) is 3.99. The fourth-order valence-corrected chi connectivity index (χ4v) is 3.99. The van der Waals surface area contributed by atoms with Crippen LogP contribution in [0.1, 0.15) is 168 Å². The molecule has 0 bridgehead atoms. The molecule has 0 amide bonds. The number of carboxylic acids is 2. The van der Waals surface area contributed by atoms with Crippen LogP contribution in [0.25, 0.3) is 0 Å². The number of aliphatic carboxylic acids is 2. The third kappa shape index (κ3) is 45.4. The Morgan fingerprint density at radius 2 is 0.676 bits per heavy atom. The monoisotopic (exact) mass is 572 g/mol. The summed E-state index contributed by atoms with van der Waals surface area (Å²) in [6, 6.07) is 0. The zero-order chi connectivity index (χ0) is 27.0. The van der Waals surface area contributed by atoms with Gasteiger partial charge in [0.15, 0.2) is 0 Å². The maximum Gasteiger partial charge on any atom is 0.303 e. The molecule has 0 aromatic rings. The van der Waals surface area contributed by atoms with Crippen LogP contribution in [0.15, 0.2) is 24.3 Å². The van der Waals surface area contributed by atoms with Gasteiger partial charge < -0.3 is 10.2 Å². The molecule has 0 aliphatic carbocycles. The largest absolute Gasteiger partial charge is 0.481 e. The molecule has 0 fully saturated rings. The predicted molar refractivity (Wildman–Crippen MR) is 156 cm³/mol. The third-order valence-electron chi connectivity index (χ3n) is 6.30. The van der Waals surface area contributed by atoms with Crippen molar-refractivity contribution >= 4 is 11.9 Å². The second kappa shape index (κ2) is 37.2. The molecule has 5 heteroatoms. The molecular weight excluding hydrogens is 514 g/mol. The molecule has 0 aromatic heterocycles. The van der Waals surface area contributed by atoms with Crippen LogP contribution >= 0.6 is 0 Å². The van der Waals surface area contributed by atoms with E-state index in [2.05, 4.69) is 38.2 Å². The van der Waals surface area contributed by atoms with Crippen molar-refractivity contribution in [1.82, 2.24) is 0 Å². The molecule has 0 rings (SSSR count). The molecule has 0 saturated carbocycles. The number of hydrogen-bond donors (Lipinski definition) is 2. The van der Waals surface area contributed by atoms with E-state index in [1.807, 2.05) is 0 Å². The molecule has 0 spiro atoms. The second-order valence-electron chi connectivity index (χ2n) is 10.0. The van der Waals surface area contributed by atoms with Crippen LogP contribution in [0.4, 0.5) is 0 Å². The van der Waals surface area contributed by atoms with E-state index in [-0.39, 0.29) is 19.5 Å². The van der Waals surface area contributed by atoms with Crippen LogP contribution in [-0.2, 0) is 29.1 Å². The molecule has 0 aromatic carbocycles. The Hall–Kier alpha value is -0.957. The van der Waals surface area contributed by atoms with Gasteiger partial charge in [0.1, 0.15) is 0 Å². The molecule has 214 valence electrons. The quantitative estimate of drug-likeness (QED) is 0.0613. The Balaban J connectivity index is -0.000000608. The molecule has 0 atom stereocenters. The zero-order valence-electron chi connectivity index (χ0n) is 24.7. The first kappa shape index (κ1) is 40.5. The summed E-state index contributed by atoms with van der Waals surface area (Å²) in [7, 11) is 0. The molecule has 0 unspecified atom stereocenters. The van der Waals surface area contributed by atoms with Gasteiger partial charge >= 0.3 is 11.9 Å². The normalized spacial score (nSPS) is 10.9. The molecule has 0 aliphatic rings. The van der Waals surface area contributed by atoms with E-state index in [4.69, 9.17) is 10.2 Å². The Labute approximate surface area is 242 Å². The van der Waals surface area contributed by atoms with Gasteiger partial charge in [0, 0.05) is 32.3 Å². The van der Waals surface area contributed by atoms with E-state index in [1.54, 1.807) is 0 Å². The Morgan fingerprint density at radius 1 is 0.432 bits per heavy atom. The van der Waals surface area contributed by atoms with Crippen LogP contribution in [0.5, 0.6) is 0 Å². The Bertz CT molecular complexity index is 471. The topological polar surface area (TPSA) is 74.6 Å². The van der Waals surface area contributed by atoms with Gasteiger partial charge in [0.2, 0.25) is 0 Å². The number of carbonyl (C=O) groups is 2. The third-order valence-corrected chi connectivity index (χ3v) is 6.30. The summed E-state index contributed by atoms with van der Waals surface area (Å²) in [5.74, 6) is -1.33. The van der Waals surface area contributed by atoms with E-state index in [1.165, 1.54) is 116 Å². The van der Waals surface area contributed by atoms with Crippen molar-refractivity contribution in [3.8, 4) is 0 Å². The minimum atomic E-state index is -0.666. The smallest absolute Gasteiger partial charge is 0.303 e. The average Bonchev–Trinajstić information content (AvgIpc) is 2.85. The van der Waals surface area contributed by atoms with E-state index >= 15 is 0 Å². The molecule has 0 radical (unpaired) electrons. The molecule has 2 N–H and O–H groups in total. The first-order valence-electron chi connectivity index (χ1n) is 15.3. The van der Waals surface area contributed by atoms with Crippen molar-refractivity contribution in [3.05, 3.63) is 24.3 Å². The van der Waals surface area contributed by atoms with Gasteiger partial charge in [-0.3, -0.25) is 9.59 Å². The number of unbranched alkanes of at least 4 members (excludes halogenated alkanes) is 18. The second-order valence-corrected chi connectivity index (χ2v) is 10.0. The number of carboxylic acid groups (broad SMARTS) is 2. The summed E-state index contributed by atoms with van der Waals surface area (Å²) in [6.07, 6.45) is 36.6. The molecule has 37 heavy (non-hydrogen) atoms. The Kier molecular flexibility index (Phi) is 40.8. The molecule has 0 heterocycles. The van der Waals surface area contributed by atoms with E-state index in [0.29, 0.717) is 12.8 Å². The van der Waals surface area contributed by atoms with Crippen molar-refractivity contribution < 1.29 is 39.3 Å². The molecule has 0 aliphatic heterocycles. The fraction of sp³-hybridized carbons (Fsp3) is 0.812. The van der Waals surface area contributed by atoms with Crippen LogP contribution in [0.3, 0.4) is 0 Å². The van der Waals surface area contributed by atoms with Crippen molar-refractivity contribution in [1.29, 1.82) is 0 Å². The van der Waals surface area contributed by atoms with Gasteiger partial charge in [-0.1, -0.05) is 115 Å². The number of rotatable bonds is 26. The van der Waals surface area contributed by atoms with Gasteiger partial charge in [-0.25, -0.2) is 0 Å². The van der Waals surface area contributed by atoms with Crippen LogP contribution in [0.2, 0.25) is 0 Å². The van der Waals surface area contributed by atoms with E-state index < -0.39 is 11.9 Å². The van der Waals surface area contributed by atoms with Crippen LogP contribution < -0.4 is 0 Å². The van der Waals surface area contributed by atoms with Crippen molar-refractivity contribution in [2.45, 2.75) is 168 Å². The molecular formula is C32H60O4Zn. The van der Waals surface area contributed by atoms with E-state index in [0.717, 1.165) is 25.7 Å². The summed E-state index contributed by atoms with van der Waals surface area (Å²) in [4.78, 5) is 20.6. The summed E-state index contributed by atoms with van der Waals surface area (Å²) in [5, 5.41) is 17.0. The van der Waals surface area contributed by atoms with Crippen molar-refractivity contribution in [2.24, 2.45) is 0 Å². The summed E-state index contributed by atoms with van der Waals surface area (Å²) < 4.78 is 0. The van der Waals surface area contributed by atoms with Crippen molar-refractivity contribution in [2.75, 3.05) is 0 Å². The van der Waals surface area contributed by atoms with Crippen LogP contribution in [-0.4, -0.2) is 22.2 Å². The SMILES string of the molecule is CCCCCCC=CCCCCCCCC(=O)O.CCCCCCC=CCCCCCCCC(=O)O.[Zn]. The Morgan fingerprint density at radius 3 is 0.946 bits per heavy atom. The number of hydrogen-bond acceptors (Lipinski definition) is 2. The minimum absolute atomic E-state index is 0. The average molecular weight is 574 g/mol. The maximum absolute atomic E-state index is 10.3. The summed E-state index contributed by atoms with van der Waals surface area (Å²) in [5.41, 5.74) is 0. The zero-order valence-corrected chi connectivity index (χ0v) is 27.7. The van der Waals surface area contributed by atoms with Crippen LogP contribution in [0, 0.1) is 0 Å². The minimum Gasteiger partial charge on any atom is -0.481 e. The van der Waals surface area contributed by atoms with Gasteiger partial charge in [-0.15, -0.1) is 0 Å². The standard InChI is InChI=1S/2C16H30O2.Zn/c2*1-2-3-4-5-6-7-8-9-10-11-12-13-14-15-16(17)18;/h2*7-8H,2-6,9-15H2,1H3,(H,17,18);. The summed E-state index contributed by atoms with van der Waals surface area (Å²) in [6.45, 7) is 4.48. The van der Waals surface area contributed by atoms with Gasteiger partial charge in [0.05, 0.1) is 0 Å². The van der Waals surface area contributed by atoms with Crippen molar-refractivity contribution in [3.63, 3.8) is 0 Å².